The van der Waals surface area contributed by atoms with E-state index in [0.29, 0.717) is 11.3 Å². The van der Waals surface area contributed by atoms with Gasteiger partial charge in [-0.15, -0.1) is 0 Å². The number of rotatable bonds is 3. The van der Waals surface area contributed by atoms with E-state index in [2.05, 4.69) is 0 Å². The number of anilines is 1. The summed E-state index contributed by atoms with van der Waals surface area (Å²) in [7, 11) is 0. The lowest BCUT2D eigenvalue weighted by Crippen LogP contribution is -2.27. The molecule has 0 aliphatic carbocycles. The Morgan fingerprint density at radius 3 is 2.25 bits per heavy atom. The lowest BCUT2D eigenvalue weighted by molar-refractivity contribution is -0.384. The van der Waals surface area contributed by atoms with E-state index in [1.54, 1.807) is 18.2 Å². The molecule has 0 aromatic heterocycles. The number of thioether (sulfide) groups is 1. The van der Waals surface area contributed by atoms with Gasteiger partial charge in [-0.3, -0.25) is 19.7 Å². The normalized spacial score (nSPS) is 16.0. The third kappa shape index (κ3) is 3.07. The molecule has 120 valence electrons. The third-order valence-corrected chi connectivity index (χ3v) is 4.36. The Kier molecular flexibility index (Phi) is 4.18. The van der Waals surface area contributed by atoms with Gasteiger partial charge in [0.05, 0.1) is 15.5 Å². The molecule has 1 heterocycles. The second-order valence-corrected chi connectivity index (χ2v) is 6.19. The summed E-state index contributed by atoms with van der Waals surface area (Å²) in [6, 6.07) is 12.9. The van der Waals surface area contributed by atoms with Gasteiger partial charge in [0, 0.05) is 12.1 Å². The highest BCUT2D eigenvalue weighted by atomic mass is 32.2. The molecule has 0 saturated carbocycles. The first-order chi connectivity index (χ1) is 11.5. The monoisotopic (exact) mass is 340 g/mol. The van der Waals surface area contributed by atoms with Gasteiger partial charge >= 0.3 is 0 Å². The Morgan fingerprint density at radius 1 is 1.04 bits per heavy atom. The number of nitro benzene ring substituents is 1. The van der Waals surface area contributed by atoms with Gasteiger partial charge in [0.25, 0.3) is 16.8 Å². The Morgan fingerprint density at radius 2 is 1.67 bits per heavy atom. The standard InChI is InChI=1S/C17H12N2O4S/c1-11-2-6-13(7-3-11)18-16(20)15(24-17(18)21)10-12-4-8-14(9-5-12)19(22)23/h2-10H,1H3/b15-10-. The molecular weight excluding hydrogens is 328 g/mol. The summed E-state index contributed by atoms with van der Waals surface area (Å²) < 4.78 is 0. The second-order valence-electron chi connectivity index (χ2n) is 5.20. The van der Waals surface area contributed by atoms with Gasteiger partial charge in [0.15, 0.2) is 0 Å². The zero-order valence-electron chi connectivity index (χ0n) is 12.6. The largest absolute Gasteiger partial charge is 0.298 e. The van der Waals surface area contributed by atoms with Gasteiger partial charge < -0.3 is 0 Å². The number of imide groups is 1. The van der Waals surface area contributed by atoms with Crippen molar-refractivity contribution in [1.29, 1.82) is 0 Å². The number of carbonyl (C=O) groups excluding carboxylic acids is 2. The molecule has 2 aromatic rings. The van der Waals surface area contributed by atoms with Crippen LogP contribution in [0.1, 0.15) is 11.1 Å². The first-order valence-corrected chi connectivity index (χ1v) is 7.86. The van der Waals surface area contributed by atoms with E-state index in [1.807, 2.05) is 19.1 Å². The number of hydrogen-bond acceptors (Lipinski definition) is 5. The SMILES string of the molecule is Cc1ccc(N2C(=O)S/C(=C\c3ccc([N+](=O)[O-])cc3)C2=O)cc1. The van der Waals surface area contributed by atoms with Crippen LogP contribution < -0.4 is 4.90 Å². The van der Waals surface area contributed by atoms with Gasteiger partial charge in [0.2, 0.25) is 0 Å². The van der Waals surface area contributed by atoms with Crippen LogP contribution in [0.3, 0.4) is 0 Å². The molecule has 0 atom stereocenters. The van der Waals surface area contributed by atoms with Crippen molar-refractivity contribution in [1.82, 2.24) is 0 Å². The van der Waals surface area contributed by atoms with Gasteiger partial charge in [0.1, 0.15) is 0 Å². The summed E-state index contributed by atoms with van der Waals surface area (Å²) in [5.74, 6) is -0.396. The quantitative estimate of drug-likeness (QED) is 0.476. The molecule has 0 unspecified atom stereocenters. The average Bonchev–Trinajstić information content (AvgIpc) is 2.83. The van der Waals surface area contributed by atoms with Crippen molar-refractivity contribution < 1.29 is 14.5 Å². The molecule has 0 spiro atoms. The molecule has 1 fully saturated rings. The summed E-state index contributed by atoms with van der Waals surface area (Å²) in [6.45, 7) is 1.92. The van der Waals surface area contributed by atoms with Crippen LogP contribution in [-0.2, 0) is 4.79 Å². The molecular formula is C17H12N2O4S. The predicted molar refractivity (Wildman–Crippen MR) is 92.7 cm³/mol. The van der Waals surface area contributed by atoms with Crippen molar-refractivity contribution in [2.24, 2.45) is 0 Å². The topological polar surface area (TPSA) is 80.5 Å². The van der Waals surface area contributed by atoms with Crippen LogP contribution in [0.4, 0.5) is 16.2 Å². The molecule has 6 nitrogen and oxygen atoms in total. The van der Waals surface area contributed by atoms with Crippen molar-refractivity contribution in [2.75, 3.05) is 4.90 Å². The number of non-ortho nitro benzene ring substituents is 1. The zero-order chi connectivity index (χ0) is 17.3. The zero-order valence-corrected chi connectivity index (χ0v) is 13.4. The number of nitro groups is 1. The molecule has 2 amide bonds. The first kappa shape index (κ1) is 15.9. The molecule has 2 aromatic carbocycles. The van der Waals surface area contributed by atoms with Crippen LogP contribution in [0, 0.1) is 17.0 Å². The molecule has 1 aliphatic rings. The smallest absolute Gasteiger partial charge is 0.268 e. The molecule has 1 saturated heterocycles. The fourth-order valence-corrected chi connectivity index (χ4v) is 3.07. The lowest BCUT2D eigenvalue weighted by atomic mass is 10.2. The van der Waals surface area contributed by atoms with Crippen LogP contribution in [0.5, 0.6) is 0 Å². The Bertz CT molecular complexity index is 857. The molecule has 7 heteroatoms. The van der Waals surface area contributed by atoms with E-state index < -0.39 is 10.8 Å². The van der Waals surface area contributed by atoms with E-state index in [-0.39, 0.29) is 15.8 Å². The highest BCUT2D eigenvalue weighted by Crippen LogP contribution is 2.35. The number of amides is 2. The Labute approximate surface area is 141 Å². The maximum atomic E-state index is 12.5. The molecule has 0 radical (unpaired) electrons. The molecule has 0 N–H and O–H groups in total. The van der Waals surface area contributed by atoms with E-state index in [9.17, 15) is 19.7 Å². The van der Waals surface area contributed by atoms with Crippen molar-refractivity contribution in [3.05, 3.63) is 74.7 Å². The number of aryl methyl sites for hydroxylation is 1. The summed E-state index contributed by atoms with van der Waals surface area (Å²) >= 11 is 0.851. The van der Waals surface area contributed by atoms with Crippen LogP contribution in [0.25, 0.3) is 6.08 Å². The van der Waals surface area contributed by atoms with E-state index >= 15 is 0 Å². The Balaban J connectivity index is 1.87. The van der Waals surface area contributed by atoms with Crippen molar-refractivity contribution in [3.8, 4) is 0 Å². The molecule has 0 bridgehead atoms. The highest BCUT2D eigenvalue weighted by molar-refractivity contribution is 8.19. The fourth-order valence-electron chi connectivity index (χ4n) is 2.23. The minimum atomic E-state index is -0.491. The predicted octanol–water partition coefficient (Wildman–Crippen LogP) is 4.14. The maximum absolute atomic E-state index is 12.5. The fraction of sp³-hybridized carbons (Fsp3) is 0.0588. The van der Waals surface area contributed by atoms with Crippen molar-refractivity contribution in [2.45, 2.75) is 6.92 Å². The van der Waals surface area contributed by atoms with Crippen LogP contribution in [-0.4, -0.2) is 16.1 Å². The lowest BCUT2D eigenvalue weighted by Gasteiger charge is -2.12. The average molecular weight is 340 g/mol. The van der Waals surface area contributed by atoms with Gasteiger partial charge in [-0.05, 0) is 54.6 Å². The molecule has 3 rings (SSSR count). The third-order valence-electron chi connectivity index (χ3n) is 3.49. The summed E-state index contributed by atoms with van der Waals surface area (Å²) in [6.07, 6.45) is 1.56. The minimum Gasteiger partial charge on any atom is -0.268 e. The summed E-state index contributed by atoms with van der Waals surface area (Å²) in [4.78, 5) is 36.2. The van der Waals surface area contributed by atoms with Crippen LogP contribution in [0.2, 0.25) is 0 Å². The minimum absolute atomic E-state index is 0.0279. The van der Waals surface area contributed by atoms with E-state index in [1.165, 1.54) is 24.3 Å². The van der Waals surface area contributed by atoms with Crippen molar-refractivity contribution >= 4 is 40.4 Å². The number of hydrogen-bond donors (Lipinski definition) is 0. The molecule has 24 heavy (non-hydrogen) atoms. The number of carbonyl (C=O) groups is 2. The van der Waals surface area contributed by atoms with Gasteiger partial charge in [-0.2, -0.15) is 0 Å². The van der Waals surface area contributed by atoms with E-state index in [4.69, 9.17) is 0 Å². The van der Waals surface area contributed by atoms with Gasteiger partial charge in [-0.1, -0.05) is 17.7 Å². The van der Waals surface area contributed by atoms with Gasteiger partial charge in [-0.25, -0.2) is 4.90 Å². The van der Waals surface area contributed by atoms with Crippen molar-refractivity contribution in [3.63, 3.8) is 0 Å². The second kappa shape index (κ2) is 6.29. The molecule has 1 aliphatic heterocycles. The maximum Gasteiger partial charge on any atom is 0.298 e. The first-order valence-electron chi connectivity index (χ1n) is 7.05. The summed E-state index contributed by atoms with van der Waals surface area (Å²) in [5.41, 5.74) is 2.15. The van der Waals surface area contributed by atoms with Crippen LogP contribution >= 0.6 is 11.8 Å². The van der Waals surface area contributed by atoms with Crippen LogP contribution in [0.15, 0.2) is 53.4 Å². The highest BCUT2D eigenvalue weighted by Gasteiger charge is 2.36. The number of nitrogens with zero attached hydrogens (tertiary/aromatic N) is 2. The van der Waals surface area contributed by atoms with E-state index in [0.717, 1.165) is 22.2 Å². The Hall–Kier alpha value is -2.93. The number of benzene rings is 2. The summed E-state index contributed by atoms with van der Waals surface area (Å²) in [5, 5.41) is 10.3.